The quantitative estimate of drug-likeness (QED) is 0.376. The van der Waals surface area contributed by atoms with E-state index in [1.165, 1.54) is 18.1 Å². The van der Waals surface area contributed by atoms with Crippen LogP contribution in [-0.2, 0) is 23.7 Å². The van der Waals surface area contributed by atoms with E-state index < -0.39 is 59.0 Å². The van der Waals surface area contributed by atoms with Crippen molar-refractivity contribution in [1.82, 2.24) is 15.5 Å². The number of imide groups is 1. The van der Waals surface area contributed by atoms with Gasteiger partial charge in [0.2, 0.25) is 5.54 Å². The molecule has 0 bridgehead atoms. The van der Waals surface area contributed by atoms with E-state index in [0.29, 0.717) is 23.4 Å². The number of urea groups is 1. The van der Waals surface area contributed by atoms with E-state index >= 15 is 0 Å². The van der Waals surface area contributed by atoms with Crippen molar-refractivity contribution in [1.29, 1.82) is 0 Å². The fourth-order valence-corrected chi connectivity index (χ4v) is 3.82. The number of ether oxygens (including phenoxy) is 1. The zero-order valence-corrected chi connectivity index (χ0v) is 18.2. The summed E-state index contributed by atoms with van der Waals surface area (Å²) in [7, 11) is 1.40. The minimum atomic E-state index is -5.09. The largest absolute Gasteiger partial charge is 0.497 e. The molecule has 2 aliphatic rings. The molecule has 0 unspecified atom stereocenters. The first kappa shape index (κ1) is 24.9. The highest BCUT2D eigenvalue weighted by atomic mass is 19.4. The van der Waals surface area contributed by atoms with Crippen LogP contribution in [0.1, 0.15) is 32.6 Å². The molecule has 2 aromatic carbocycles. The highest BCUT2D eigenvalue weighted by Crippen LogP contribution is 2.36. The number of carbonyl (C=O) groups is 3. The van der Waals surface area contributed by atoms with Gasteiger partial charge < -0.3 is 15.0 Å². The molecule has 2 aliphatic heterocycles. The van der Waals surface area contributed by atoms with Gasteiger partial charge in [-0.05, 0) is 35.9 Å². The molecule has 188 valence electrons. The summed E-state index contributed by atoms with van der Waals surface area (Å²) in [5, 5.41) is 4.17. The highest BCUT2D eigenvalue weighted by Gasteiger charge is 2.48. The molecule has 0 spiro atoms. The summed E-state index contributed by atoms with van der Waals surface area (Å²) in [6.07, 6.45) is -10.2. The topological polar surface area (TPSA) is 87.7 Å². The Kier molecular flexibility index (Phi) is 5.86. The van der Waals surface area contributed by atoms with Crippen molar-refractivity contribution in [2.45, 2.75) is 24.4 Å². The number of hydrogen-bond acceptors (Lipinski definition) is 4. The van der Waals surface area contributed by atoms with Crippen LogP contribution in [0.4, 0.5) is 31.1 Å². The lowest BCUT2D eigenvalue weighted by Crippen LogP contribution is -2.54. The van der Waals surface area contributed by atoms with E-state index in [9.17, 15) is 40.7 Å². The van der Waals surface area contributed by atoms with Crippen molar-refractivity contribution in [2.24, 2.45) is 0 Å². The SMILES string of the molecule is COc1ccc2c(c1)C(=O)N(C[C@@]1(C#Cc3cc(C(F)(F)F)cc(C(F)(F)F)c3)NC(=O)NC1=O)C2. The number of methoxy groups -OCH3 is 1. The molecule has 1 atom stereocenters. The van der Waals surface area contributed by atoms with E-state index in [2.05, 4.69) is 17.2 Å². The maximum Gasteiger partial charge on any atom is 0.416 e. The molecule has 2 N–H and O–H groups in total. The molecule has 2 aromatic rings. The van der Waals surface area contributed by atoms with Crippen molar-refractivity contribution in [3.63, 3.8) is 0 Å². The maximum atomic E-state index is 13.2. The molecule has 4 amide bonds. The number of nitrogens with one attached hydrogen (secondary N) is 2. The van der Waals surface area contributed by atoms with Crippen LogP contribution < -0.4 is 15.4 Å². The molecule has 1 fully saturated rings. The summed E-state index contributed by atoms with van der Waals surface area (Å²) >= 11 is 0. The second-order valence-corrected chi connectivity index (χ2v) is 8.04. The number of benzene rings is 2. The van der Waals surface area contributed by atoms with Crippen LogP contribution in [-0.4, -0.2) is 41.9 Å². The molecular formula is C23H15F6N3O4. The summed E-state index contributed by atoms with van der Waals surface area (Å²) in [4.78, 5) is 38.6. The van der Waals surface area contributed by atoms with Crippen LogP contribution in [0.3, 0.4) is 0 Å². The molecule has 0 saturated carbocycles. The Morgan fingerprint density at radius 1 is 1.00 bits per heavy atom. The fourth-order valence-electron chi connectivity index (χ4n) is 3.82. The van der Waals surface area contributed by atoms with E-state index in [0.717, 1.165) is 0 Å². The minimum Gasteiger partial charge on any atom is -0.497 e. The summed E-state index contributed by atoms with van der Waals surface area (Å²) in [5.74, 6) is 3.31. The van der Waals surface area contributed by atoms with Crippen LogP contribution in [0.25, 0.3) is 0 Å². The number of carbonyl (C=O) groups excluding carboxylic acids is 3. The second kappa shape index (κ2) is 8.47. The molecule has 1 saturated heterocycles. The summed E-state index contributed by atoms with van der Waals surface area (Å²) < 4.78 is 84.1. The third-order valence-electron chi connectivity index (χ3n) is 5.57. The predicted octanol–water partition coefficient (Wildman–Crippen LogP) is 3.32. The van der Waals surface area contributed by atoms with Gasteiger partial charge in [0.05, 0.1) is 24.8 Å². The summed E-state index contributed by atoms with van der Waals surface area (Å²) in [6, 6.07) is 4.46. The number of amides is 4. The Bertz CT molecular complexity index is 1310. The minimum absolute atomic E-state index is 0.0204. The Morgan fingerprint density at radius 3 is 2.17 bits per heavy atom. The molecule has 4 rings (SSSR count). The van der Waals surface area contributed by atoms with Crippen LogP contribution in [0.5, 0.6) is 5.75 Å². The van der Waals surface area contributed by atoms with Crippen molar-refractivity contribution >= 4 is 17.8 Å². The predicted molar refractivity (Wildman–Crippen MR) is 110 cm³/mol. The number of rotatable bonds is 3. The van der Waals surface area contributed by atoms with Crippen LogP contribution in [0, 0.1) is 11.8 Å². The monoisotopic (exact) mass is 511 g/mol. The second-order valence-electron chi connectivity index (χ2n) is 8.04. The first-order valence-electron chi connectivity index (χ1n) is 10.1. The van der Waals surface area contributed by atoms with Crippen LogP contribution in [0.2, 0.25) is 0 Å². The van der Waals surface area contributed by atoms with Gasteiger partial charge in [-0.2, -0.15) is 26.3 Å². The zero-order valence-electron chi connectivity index (χ0n) is 18.2. The van der Waals surface area contributed by atoms with Gasteiger partial charge in [0.25, 0.3) is 11.8 Å². The lowest BCUT2D eigenvalue weighted by molar-refractivity contribution is -0.143. The van der Waals surface area contributed by atoms with E-state index in [1.807, 2.05) is 5.32 Å². The van der Waals surface area contributed by atoms with Gasteiger partial charge in [-0.3, -0.25) is 14.9 Å². The van der Waals surface area contributed by atoms with Gasteiger partial charge in [0.1, 0.15) is 5.75 Å². The van der Waals surface area contributed by atoms with Crippen molar-refractivity contribution < 1.29 is 45.5 Å². The maximum absolute atomic E-state index is 13.2. The zero-order chi connectivity index (χ0) is 26.5. The average molecular weight is 511 g/mol. The summed E-state index contributed by atoms with van der Waals surface area (Å²) in [5.41, 5.74) is -5.13. The Hall–Kier alpha value is -4.21. The first-order chi connectivity index (χ1) is 16.7. The molecule has 13 heteroatoms. The smallest absolute Gasteiger partial charge is 0.416 e. The van der Waals surface area contributed by atoms with Gasteiger partial charge in [-0.15, -0.1) is 0 Å². The molecule has 0 radical (unpaired) electrons. The molecule has 36 heavy (non-hydrogen) atoms. The lowest BCUT2D eigenvalue weighted by atomic mass is 9.98. The highest BCUT2D eigenvalue weighted by molar-refractivity contribution is 6.10. The lowest BCUT2D eigenvalue weighted by Gasteiger charge is -2.26. The molecule has 2 heterocycles. The summed E-state index contributed by atoms with van der Waals surface area (Å²) in [6.45, 7) is -0.495. The Morgan fingerprint density at radius 2 is 1.64 bits per heavy atom. The standard InChI is InChI=1S/C23H15F6N3O4/c1-36-16-3-2-13-10-32(18(33)17(13)9-16)11-21(19(34)30-20(35)31-21)5-4-12-6-14(22(24,25)26)8-15(7-12)23(27,28)29/h2-3,6-9H,10-11H2,1H3,(H2,30,31,34,35)/t21-/m1/s1. The van der Waals surface area contributed by atoms with E-state index in [4.69, 9.17) is 4.74 Å². The van der Waals surface area contributed by atoms with Crippen molar-refractivity contribution in [2.75, 3.05) is 13.7 Å². The molecular weight excluding hydrogens is 496 g/mol. The normalized spacial score (nSPS) is 19.4. The van der Waals surface area contributed by atoms with Gasteiger partial charge in [-0.1, -0.05) is 17.9 Å². The third-order valence-corrected chi connectivity index (χ3v) is 5.57. The van der Waals surface area contributed by atoms with Crippen LogP contribution >= 0.6 is 0 Å². The molecule has 7 nitrogen and oxygen atoms in total. The number of nitrogens with zero attached hydrogens (tertiary/aromatic N) is 1. The Balaban J connectivity index is 1.72. The van der Waals surface area contributed by atoms with Gasteiger partial charge in [0.15, 0.2) is 0 Å². The van der Waals surface area contributed by atoms with Crippen LogP contribution in [0.15, 0.2) is 36.4 Å². The third kappa shape index (κ3) is 4.66. The molecule has 0 aromatic heterocycles. The van der Waals surface area contributed by atoms with Gasteiger partial charge in [0, 0.05) is 17.7 Å². The number of hydrogen-bond donors (Lipinski definition) is 2. The number of alkyl halides is 6. The van der Waals surface area contributed by atoms with E-state index in [1.54, 1.807) is 12.1 Å². The van der Waals surface area contributed by atoms with Crippen molar-refractivity contribution in [3.8, 4) is 17.6 Å². The number of halogens is 6. The molecule has 0 aliphatic carbocycles. The van der Waals surface area contributed by atoms with Gasteiger partial charge >= 0.3 is 18.4 Å². The average Bonchev–Trinajstić information content (AvgIpc) is 3.25. The first-order valence-corrected chi connectivity index (χ1v) is 10.1. The Labute approximate surface area is 199 Å². The van der Waals surface area contributed by atoms with Gasteiger partial charge in [-0.25, -0.2) is 4.79 Å². The van der Waals surface area contributed by atoms with Crippen molar-refractivity contribution in [3.05, 3.63) is 64.2 Å². The van der Waals surface area contributed by atoms with E-state index in [-0.39, 0.29) is 18.2 Å². The number of fused-ring (bicyclic) bond motifs is 1. The fraction of sp³-hybridized carbons (Fsp3) is 0.261.